The van der Waals surface area contributed by atoms with Crippen molar-refractivity contribution in [3.8, 4) is 0 Å². The lowest BCUT2D eigenvalue weighted by atomic mass is 10.1. The molecular weight excluding hydrogens is 272 g/mol. The molecule has 0 radical (unpaired) electrons. The highest BCUT2D eigenvalue weighted by Gasteiger charge is 2.17. The molecule has 6 nitrogen and oxygen atoms in total. The molecule has 1 aliphatic heterocycles. The van der Waals surface area contributed by atoms with E-state index < -0.39 is 5.97 Å². The molecule has 0 aliphatic carbocycles. The van der Waals surface area contributed by atoms with E-state index in [1.54, 1.807) is 31.2 Å². The second-order valence-electron chi connectivity index (χ2n) is 4.78. The van der Waals surface area contributed by atoms with Gasteiger partial charge >= 0.3 is 5.97 Å². The molecular formula is C15H20N2O4. The van der Waals surface area contributed by atoms with Crippen LogP contribution in [-0.2, 0) is 14.3 Å². The van der Waals surface area contributed by atoms with Gasteiger partial charge in [0, 0.05) is 24.7 Å². The fourth-order valence-electron chi connectivity index (χ4n) is 2.12. The summed E-state index contributed by atoms with van der Waals surface area (Å²) in [5.74, 6) is -0.505. The predicted molar refractivity (Wildman–Crippen MR) is 78.3 cm³/mol. The lowest BCUT2D eigenvalue weighted by molar-refractivity contribution is -0.117. The third kappa shape index (κ3) is 4.84. The van der Waals surface area contributed by atoms with Crippen LogP contribution in [0, 0.1) is 0 Å². The molecule has 1 atom stereocenters. The van der Waals surface area contributed by atoms with E-state index in [0.29, 0.717) is 37.5 Å². The van der Waals surface area contributed by atoms with Gasteiger partial charge in [0.15, 0.2) is 0 Å². The van der Waals surface area contributed by atoms with Gasteiger partial charge < -0.3 is 20.1 Å². The lowest BCUT2D eigenvalue weighted by Crippen LogP contribution is -2.43. The Labute approximate surface area is 123 Å². The number of amides is 1. The van der Waals surface area contributed by atoms with Crippen molar-refractivity contribution < 1.29 is 19.1 Å². The zero-order valence-corrected chi connectivity index (χ0v) is 12.1. The molecule has 2 N–H and O–H groups in total. The standard InChI is InChI=1S/C15H20N2O4/c1-2-21-15(19)11-4-3-5-12(8-11)17-14(18)9-13-10-20-7-6-16-13/h3-5,8,13,16H,2,6-7,9-10H2,1H3,(H,17,18). The van der Waals surface area contributed by atoms with Crippen LogP contribution in [0.2, 0.25) is 0 Å². The second kappa shape index (κ2) is 7.75. The highest BCUT2D eigenvalue weighted by Crippen LogP contribution is 2.12. The number of esters is 1. The number of ether oxygens (including phenoxy) is 2. The minimum atomic E-state index is -0.393. The minimum absolute atomic E-state index is 0.0342. The molecule has 0 aromatic heterocycles. The third-order valence-corrected chi connectivity index (χ3v) is 3.09. The van der Waals surface area contributed by atoms with Gasteiger partial charge in [0.05, 0.1) is 25.4 Å². The maximum absolute atomic E-state index is 12.0. The van der Waals surface area contributed by atoms with Crippen molar-refractivity contribution in [3.63, 3.8) is 0 Å². The number of carbonyl (C=O) groups excluding carboxylic acids is 2. The summed E-state index contributed by atoms with van der Waals surface area (Å²) in [5.41, 5.74) is 1.01. The van der Waals surface area contributed by atoms with Crippen LogP contribution < -0.4 is 10.6 Å². The summed E-state index contributed by atoms with van der Waals surface area (Å²) in [6.45, 7) is 4.05. The molecule has 1 aromatic carbocycles. The number of nitrogens with one attached hydrogen (secondary N) is 2. The molecule has 21 heavy (non-hydrogen) atoms. The Morgan fingerprint density at radius 3 is 3.05 bits per heavy atom. The number of hydrogen-bond donors (Lipinski definition) is 2. The van der Waals surface area contributed by atoms with E-state index >= 15 is 0 Å². The number of morpholine rings is 1. The largest absolute Gasteiger partial charge is 0.462 e. The first-order chi connectivity index (χ1) is 10.2. The molecule has 2 rings (SSSR count). The van der Waals surface area contributed by atoms with Gasteiger partial charge in [-0.15, -0.1) is 0 Å². The first-order valence-corrected chi connectivity index (χ1v) is 7.07. The van der Waals surface area contributed by atoms with Crippen LogP contribution in [0.4, 0.5) is 5.69 Å². The van der Waals surface area contributed by atoms with Crippen molar-refractivity contribution >= 4 is 17.6 Å². The van der Waals surface area contributed by atoms with Gasteiger partial charge in [0.2, 0.25) is 5.91 Å². The van der Waals surface area contributed by atoms with E-state index in [2.05, 4.69) is 10.6 Å². The molecule has 1 heterocycles. The zero-order valence-electron chi connectivity index (χ0n) is 12.1. The van der Waals surface area contributed by atoms with E-state index in [1.165, 1.54) is 0 Å². The van der Waals surface area contributed by atoms with Gasteiger partial charge in [-0.25, -0.2) is 4.79 Å². The summed E-state index contributed by atoms with van der Waals surface area (Å²) < 4.78 is 10.2. The topological polar surface area (TPSA) is 76.7 Å². The monoisotopic (exact) mass is 292 g/mol. The van der Waals surface area contributed by atoms with Crippen LogP contribution in [0.3, 0.4) is 0 Å². The molecule has 1 aromatic rings. The Morgan fingerprint density at radius 1 is 1.48 bits per heavy atom. The van der Waals surface area contributed by atoms with Gasteiger partial charge in [-0.2, -0.15) is 0 Å². The van der Waals surface area contributed by atoms with E-state index in [9.17, 15) is 9.59 Å². The molecule has 1 saturated heterocycles. The van der Waals surface area contributed by atoms with E-state index in [4.69, 9.17) is 9.47 Å². The van der Waals surface area contributed by atoms with E-state index in [-0.39, 0.29) is 11.9 Å². The van der Waals surface area contributed by atoms with E-state index in [1.807, 2.05) is 0 Å². The fraction of sp³-hybridized carbons (Fsp3) is 0.467. The summed E-state index contributed by atoms with van der Waals surface area (Å²) in [4.78, 5) is 23.6. The number of benzene rings is 1. The Bertz CT molecular complexity index is 498. The Kier molecular flexibility index (Phi) is 5.71. The van der Waals surface area contributed by atoms with Gasteiger partial charge in [-0.1, -0.05) is 6.07 Å². The van der Waals surface area contributed by atoms with Crippen LogP contribution in [0.25, 0.3) is 0 Å². The van der Waals surface area contributed by atoms with Crippen LogP contribution >= 0.6 is 0 Å². The van der Waals surface area contributed by atoms with Gasteiger partial charge in [-0.3, -0.25) is 4.79 Å². The summed E-state index contributed by atoms with van der Waals surface area (Å²) in [6, 6.07) is 6.76. The zero-order chi connectivity index (χ0) is 15.1. The quantitative estimate of drug-likeness (QED) is 0.797. The molecule has 0 bridgehead atoms. The fourth-order valence-corrected chi connectivity index (χ4v) is 2.12. The van der Waals surface area contributed by atoms with Crippen LogP contribution in [-0.4, -0.2) is 44.3 Å². The highest BCUT2D eigenvalue weighted by molar-refractivity contribution is 5.94. The van der Waals surface area contributed by atoms with Crippen LogP contribution in [0.1, 0.15) is 23.7 Å². The van der Waals surface area contributed by atoms with Crippen LogP contribution in [0.5, 0.6) is 0 Å². The SMILES string of the molecule is CCOC(=O)c1cccc(NC(=O)CC2COCCN2)c1. The van der Waals surface area contributed by atoms with Crippen molar-refractivity contribution in [1.82, 2.24) is 5.32 Å². The predicted octanol–water partition coefficient (Wildman–Crippen LogP) is 1.18. The molecule has 1 fully saturated rings. The first-order valence-electron chi connectivity index (χ1n) is 7.07. The number of anilines is 1. The molecule has 114 valence electrons. The van der Waals surface area contributed by atoms with E-state index in [0.717, 1.165) is 6.54 Å². The second-order valence-corrected chi connectivity index (χ2v) is 4.78. The van der Waals surface area contributed by atoms with Crippen molar-refractivity contribution in [2.45, 2.75) is 19.4 Å². The lowest BCUT2D eigenvalue weighted by Gasteiger charge is -2.23. The molecule has 1 aliphatic rings. The first kappa shape index (κ1) is 15.5. The highest BCUT2D eigenvalue weighted by atomic mass is 16.5. The smallest absolute Gasteiger partial charge is 0.338 e. The summed E-state index contributed by atoms with van der Waals surface area (Å²) >= 11 is 0. The summed E-state index contributed by atoms with van der Waals surface area (Å²) in [5, 5.41) is 6.01. The normalized spacial score (nSPS) is 18.0. The molecule has 0 saturated carbocycles. The summed E-state index contributed by atoms with van der Waals surface area (Å²) in [6.07, 6.45) is 0.337. The van der Waals surface area contributed by atoms with Crippen molar-refractivity contribution in [1.29, 1.82) is 0 Å². The minimum Gasteiger partial charge on any atom is -0.462 e. The number of rotatable bonds is 5. The van der Waals surface area contributed by atoms with Crippen molar-refractivity contribution in [2.75, 3.05) is 31.7 Å². The molecule has 6 heteroatoms. The Hall–Kier alpha value is -1.92. The maximum Gasteiger partial charge on any atom is 0.338 e. The number of carbonyl (C=O) groups is 2. The number of hydrogen-bond acceptors (Lipinski definition) is 5. The third-order valence-electron chi connectivity index (χ3n) is 3.09. The molecule has 1 unspecified atom stereocenters. The van der Waals surface area contributed by atoms with Gasteiger partial charge in [0.1, 0.15) is 0 Å². The van der Waals surface area contributed by atoms with Crippen molar-refractivity contribution in [3.05, 3.63) is 29.8 Å². The van der Waals surface area contributed by atoms with Gasteiger partial charge in [-0.05, 0) is 25.1 Å². The average Bonchev–Trinajstić information content (AvgIpc) is 2.48. The summed E-state index contributed by atoms with van der Waals surface area (Å²) in [7, 11) is 0. The van der Waals surface area contributed by atoms with Crippen LogP contribution in [0.15, 0.2) is 24.3 Å². The van der Waals surface area contributed by atoms with Gasteiger partial charge in [0.25, 0.3) is 0 Å². The molecule has 0 spiro atoms. The average molecular weight is 292 g/mol. The Balaban J connectivity index is 1.91. The Morgan fingerprint density at radius 2 is 2.33 bits per heavy atom. The maximum atomic E-state index is 12.0. The molecule has 1 amide bonds. The van der Waals surface area contributed by atoms with Crippen molar-refractivity contribution in [2.24, 2.45) is 0 Å².